The van der Waals surface area contributed by atoms with Gasteiger partial charge in [-0.2, -0.15) is 8.42 Å². The van der Waals surface area contributed by atoms with Crippen molar-refractivity contribution in [1.29, 1.82) is 0 Å². The van der Waals surface area contributed by atoms with Crippen LogP contribution in [0.1, 0.15) is 20.8 Å². The Bertz CT molecular complexity index is 745. The Hall–Kier alpha value is -2.16. The summed E-state index contributed by atoms with van der Waals surface area (Å²) in [7, 11) is -4.11. The maximum absolute atomic E-state index is 12.1. The van der Waals surface area contributed by atoms with Crippen molar-refractivity contribution in [3.05, 3.63) is 24.8 Å². The number of hydrogen-bond acceptors (Lipinski definition) is 6. The van der Waals surface area contributed by atoms with Crippen LogP contribution in [-0.2, 0) is 14.9 Å². The Morgan fingerprint density at radius 3 is 2.75 bits per heavy atom. The lowest BCUT2D eigenvalue weighted by Crippen LogP contribution is -2.39. The normalized spacial score (nSPS) is 12.3. The zero-order valence-electron chi connectivity index (χ0n) is 11.2. The molecular weight excluding hydrogens is 284 g/mol. The van der Waals surface area contributed by atoms with Gasteiger partial charge in [-0.3, -0.25) is 0 Å². The largest absolute Gasteiger partial charge is 0.443 e. The fraction of sp³-hybridized carbons (Fsp3) is 0.364. The lowest BCUT2D eigenvalue weighted by molar-refractivity contribution is 0.0570. The highest BCUT2D eigenvalue weighted by Gasteiger charge is 2.23. The predicted octanol–water partition coefficient (Wildman–Crippen LogP) is 1.05. The van der Waals surface area contributed by atoms with E-state index >= 15 is 0 Å². The van der Waals surface area contributed by atoms with Gasteiger partial charge in [-0.05, 0) is 26.8 Å². The fourth-order valence-corrected chi connectivity index (χ4v) is 2.45. The molecule has 0 aliphatic rings. The molecule has 9 heteroatoms. The Morgan fingerprint density at radius 1 is 1.40 bits per heavy atom. The van der Waals surface area contributed by atoms with Crippen LogP contribution in [0.3, 0.4) is 0 Å². The first-order chi connectivity index (χ1) is 9.19. The topological polar surface area (TPSA) is 103 Å². The van der Waals surface area contributed by atoms with Crippen molar-refractivity contribution < 1.29 is 17.9 Å². The van der Waals surface area contributed by atoms with Crippen molar-refractivity contribution >= 4 is 27.3 Å². The minimum Gasteiger partial charge on any atom is -0.443 e. The zero-order valence-corrected chi connectivity index (χ0v) is 12.0. The molecule has 2 heterocycles. The van der Waals surface area contributed by atoms with Gasteiger partial charge in [-0.1, -0.05) is 0 Å². The fourth-order valence-electron chi connectivity index (χ4n) is 1.50. The molecule has 2 aromatic heterocycles. The van der Waals surface area contributed by atoms with Crippen molar-refractivity contribution in [1.82, 2.24) is 18.7 Å². The molecule has 0 spiro atoms. The number of nitrogens with one attached hydrogen (secondary N) is 1. The number of hydrogen-bond donors (Lipinski definition) is 1. The van der Waals surface area contributed by atoms with E-state index in [0.29, 0.717) is 5.39 Å². The van der Waals surface area contributed by atoms with E-state index in [1.54, 1.807) is 20.8 Å². The van der Waals surface area contributed by atoms with Crippen molar-refractivity contribution in [3.8, 4) is 0 Å². The van der Waals surface area contributed by atoms with Gasteiger partial charge in [0, 0.05) is 17.8 Å². The van der Waals surface area contributed by atoms with Crippen molar-refractivity contribution in [2.45, 2.75) is 26.4 Å². The molecule has 108 valence electrons. The van der Waals surface area contributed by atoms with Crippen LogP contribution < -0.4 is 4.72 Å². The van der Waals surface area contributed by atoms with E-state index < -0.39 is 21.9 Å². The zero-order chi connectivity index (χ0) is 15.0. The first-order valence-corrected chi connectivity index (χ1v) is 7.16. The van der Waals surface area contributed by atoms with Gasteiger partial charge in [0.05, 0.1) is 0 Å². The highest BCUT2D eigenvalue weighted by atomic mass is 32.2. The van der Waals surface area contributed by atoms with Crippen molar-refractivity contribution in [3.63, 3.8) is 0 Å². The molecule has 0 saturated carbocycles. The van der Waals surface area contributed by atoms with Gasteiger partial charge in [0.25, 0.3) is 0 Å². The summed E-state index contributed by atoms with van der Waals surface area (Å²) in [6, 6.07) is 1.53. The number of ether oxygens (including phenoxy) is 1. The van der Waals surface area contributed by atoms with Crippen molar-refractivity contribution in [2.24, 2.45) is 0 Å². The Balaban J connectivity index is 2.29. The molecule has 2 aromatic rings. The second-order valence-corrected chi connectivity index (χ2v) is 6.57. The highest BCUT2D eigenvalue weighted by molar-refractivity contribution is 7.88. The summed E-state index contributed by atoms with van der Waals surface area (Å²) in [5, 5.41) is 0.544. The van der Waals surface area contributed by atoms with E-state index in [4.69, 9.17) is 4.74 Å². The van der Waals surface area contributed by atoms with E-state index in [-0.39, 0.29) is 5.65 Å². The monoisotopic (exact) mass is 298 g/mol. The second-order valence-electron chi connectivity index (χ2n) is 5.02. The third-order valence-corrected chi connectivity index (χ3v) is 3.42. The Kier molecular flexibility index (Phi) is 3.38. The minimum absolute atomic E-state index is 0.177. The van der Waals surface area contributed by atoms with E-state index in [0.717, 1.165) is 3.97 Å². The molecule has 0 bridgehead atoms. The molecule has 8 nitrogen and oxygen atoms in total. The molecule has 0 saturated heterocycles. The molecular formula is C11H14N4O4S. The average Bonchev–Trinajstić information content (AvgIpc) is 2.69. The summed E-state index contributed by atoms with van der Waals surface area (Å²) in [6.45, 7) is 4.91. The lowest BCUT2D eigenvalue weighted by Gasteiger charge is -2.19. The van der Waals surface area contributed by atoms with Crippen LogP contribution in [-0.4, -0.2) is 34.1 Å². The summed E-state index contributed by atoms with van der Waals surface area (Å²) < 4.78 is 31.8. The van der Waals surface area contributed by atoms with Crippen LogP contribution in [0.2, 0.25) is 0 Å². The molecule has 1 amide bonds. The van der Waals surface area contributed by atoms with Crippen LogP contribution in [0, 0.1) is 0 Å². The maximum Gasteiger partial charge on any atom is 0.422 e. The molecule has 0 atom stereocenters. The maximum atomic E-state index is 12.1. The molecule has 0 aliphatic heterocycles. The number of carbonyl (C=O) groups excluding carboxylic acids is 1. The molecule has 0 radical (unpaired) electrons. The smallest absolute Gasteiger partial charge is 0.422 e. The highest BCUT2D eigenvalue weighted by Crippen LogP contribution is 2.13. The van der Waals surface area contributed by atoms with Crippen LogP contribution >= 0.6 is 0 Å². The van der Waals surface area contributed by atoms with Gasteiger partial charge in [-0.15, -0.1) is 0 Å². The number of amides is 1. The summed E-state index contributed by atoms with van der Waals surface area (Å²) >= 11 is 0. The van der Waals surface area contributed by atoms with Gasteiger partial charge in [0.2, 0.25) is 0 Å². The standard InChI is InChI=1S/C11H14N4O4S/c1-11(2,3)19-10(16)14-20(17,18)15-5-4-8-6-12-7-13-9(8)15/h4-7H,1-3H3,(H,14,16). The average molecular weight is 298 g/mol. The number of carbonyl (C=O) groups is 1. The van der Waals surface area contributed by atoms with Crippen molar-refractivity contribution in [2.75, 3.05) is 0 Å². The summed E-state index contributed by atoms with van der Waals surface area (Å²) in [5.74, 6) is 0. The molecule has 1 N–H and O–H groups in total. The third kappa shape index (κ3) is 3.05. The lowest BCUT2D eigenvalue weighted by atomic mass is 10.2. The number of fused-ring (bicyclic) bond motifs is 1. The number of rotatable bonds is 2. The second kappa shape index (κ2) is 4.75. The van der Waals surface area contributed by atoms with Crippen LogP contribution in [0.15, 0.2) is 24.8 Å². The van der Waals surface area contributed by atoms with Gasteiger partial charge in [0.1, 0.15) is 11.9 Å². The number of aromatic nitrogens is 3. The quantitative estimate of drug-likeness (QED) is 0.888. The molecule has 0 fully saturated rings. The first kappa shape index (κ1) is 14.3. The molecule has 2 rings (SSSR count). The van der Waals surface area contributed by atoms with Crippen LogP contribution in [0.25, 0.3) is 11.0 Å². The molecule has 0 aromatic carbocycles. The van der Waals surface area contributed by atoms with E-state index in [2.05, 4.69) is 9.97 Å². The predicted molar refractivity (Wildman–Crippen MR) is 71.2 cm³/mol. The van der Waals surface area contributed by atoms with Gasteiger partial charge >= 0.3 is 16.3 Å². The molecule has 20 heavy (non-hydrogen) atoms. The Labute approximate surface area is 116 Å². The number of nitrogens with zero attached hydrogens (tertiary/aromatic N) is 3. The van der Waals surface area contributed by atoms with Gasteiger partial charge in [-0.25, -0.2) is 23.5 Å². The summed E-state index contributed by atoms with van der Waals surface area (Å²) in [4.78, 5) is 19.2. The van der Waals surface area contributed by atoms with E-state index in [1.807, 2.05) is 4.72 Å². The third-order valence-electron chi connectivity index (χ3n) is 2.19. The van der Waals surface area contributed by atoms with Crippen LogP contribution in [0.5, 0.6) is 0 Å². The van der Waals surface area contributed by atoms with E-state index in [1.165, 1.54) is 24.8 Å². The summed E-state index contributed by atoms with van der Waals surface area (Å²) in [6.07, 6.45) is 2.93. The molecule has 0 aliphatic carbocycles. The minimum atomic E-state index is -4.11. The first-order valence-electron chi connectivity index (χ1n) is 5.72. The van der Waals surface area contributed by atoms with E-state index in [9.17, 15) is 13.2 Å². The SMILES string of the molecule is CC(C)(C)OC(=O)NS(=O)(=O)n1ccc2cncnc21. The van der Waals surface area contributed by atoms with Gasteiger partial charge < -0.3 is 4.74 Å². The van der Waals surface area contributed by atoms with Crippen LogP contribution in [0.4, 0.5) is 4.79 Å². The Morgan fingerprint density at radius 2 is 2.10 bits per heavy atom. The summed E-state index contributed by atoms with van der Waals surface area (Å²) in [5.41, 5.74) is -0.614. The molecule has 0 unspecified atom stereocenters. The van der Waals surface area contributed by atoms with Gasteiger partial charge in [0.15, 0.2) is 5.65 Å².